The fraction of sp³-hybridized carbons (Fsp3) is 0.214. The summed E-state index contributed by atoms with van der Waals surface area (Å²) >= 11 is 19.1. The molecule has 1 aromatic heterocycles. The average Bonchev–Trinajstić information content (AvgIpc) is 3.00. The van der Waals surface area contributed by atoms with E-state index in [0.717, 1.165) is 0 Å². The summed E-state index contributed by atoms with van der Waals surface area (Å²) in [5.74, 6) is 0.394. The van der Waals surface area contributed by atoms with Crippen molar-refractivity contribution in [2.24, 2.45) is 0 Å². The van der Waals surface area contributed by atoms with Crippen LogP contribution >= 0.6 is 46.1 Å². The third-order valence-corrected chi connectivity index (χ3v) is 4.27. The molecule has 2 rings (SSSR count). The summed E-state index contributed by atoms with van der Waals surface area (Å²) in [5, 5.41) is 7.46. The van der Waals surface area contributed by atoms with E-state index >= 15 is 0 Å². The molecule has 0 bridgehead atoms. The van der Waals surface area contributed by atoms with Gasteiger partial charge in [-0.2, -0.15) is 0 Å². The molecule has 2 aromatic rings. The number of ether oxygens (including phenoxy) is 1. The number of amides is 1. The predicted molar refractivity (Wildman–Crippen MR) is 92.5 cm³/mol. The number of benzene rings is 1. The zero-order chi connectivity index (χ0) is 16.2. The van der Waals surface area contributed by atoms with Crippen molar-refractivity contribution in [3.63, 3.8) is 0 Å². The van der Waals surface area contributed by atoms with Crippen LogP contribution in [0.15, 0.2) is 41.8 Å². The first-order chi connectivity index (χ1) is 10.4. The number of hydrogen-bond acceptors (Lipinski definition) is 4. The number of hydrogen-bond donors (Lipinski definition) is 2. The predicted octanol–water partition coefficient (Wildman–Crippen LogP) is 4.29. The lowest BCUT2D eigenvalue weighted by atomic mass is 10.3. The molecule has 2 N–H and O–H groups in total. The molecule has 118 valence electrons. The van der Waals surface area contributed by atoms with Crippen LogP contribution in [0.5, 0.6) is 5.75 Å². The van der Waals surface area contributed by atoms with Gasteiger partial charge in [0.15, 0.2) is 0 Å². The smallest absolute Gasteiger partial charge is 0.263 e. The molecule has 22 heavy (non-hydrogen) atoms. The van der Waals surface area contributed by atoms with Crippen molar-refractivity contribution in [2.45, 2.75) is 9.96 Å². The second-order valence-corrected chi connectivity index (χ2v) is 7.61. The van der Waals surface area contributed by atoms with E-state index < -0.39 is 9.96 Å². The Labute approximate surface area is 147 Å². The molecule has 0 radical (unpaired) electrons. The Morgan fingerprint density at radius 1 is 1.23 bits per heavy atom. The van der Waals surface area contributed by atoms with Crippen LogP contribution in [0.3, 0.4) is 0 Å². The second-order valence-electron chi connectivity index (χ2n) is 4.30. The highest BCUT2D eigenvalue weighted by Crippen LogP contribution is 2.31. The summed E-state index contributed by atoms with van der Waals surface area (Å²) in [4.78, 5) is 12.7. The number of halogens is 3. The minimum atomic E-state index is -1.72. The lowest BCUT2D eigenvalue weighted by molar-refractivity contribution is 0.0946. The molecule has 0 saturated carbocycles. The Morgan fingerprint density at radius 3 is 2.41 bits per heavy atom. The van der Waals surface area contributed by atoms with E-state index in [1.807, 2.05) is 0 Å². The summed E-state index contributed by atoms with van der Waals surface area (Å²) in [5.41, 5.74) is 0.684. The van der Waals surface area contributed by atoms with Gasteiger partial charge in [-0.1, -0.05) is 40.9 Å². The molecule has 8 heteroatoms. The van der Waals surface area contributed by atoms with Crippen molar-refractivity contribution in [1.82, 2.24) is 5.32 Å². The van der Waals surface area contributed by atoms with Crippen LogP contribution in [0.25, 0.3) is 0 Å². The van der Waals surface area contributed by atoms with E-state index in [1.165, 1.54) is 11.3 Å². The lowest BCUT2D eigenvalue weighted by Gasteiger charge is -2.27. The average molecular weight is 380 g/mol. The van der Waals surface area contributed by atoms with E-state index in [9.17, 15) is 4.79 Å². The molecule has 1 amide bonds. The van der Waals surface area contributed by atoms with E-state index in [4.69, 9.17) is 39.5 Å². The third-order valence-electron chi connectivity index (χ3n) is 2.75. The Hall–Kier alpha value is -1.14. The topological polar surface area (TPSA) is 50.4 Å². The molecule has 0 spiro atoms. The summed E-state index contributed by atoms with van der Waals surface area (Å²) < 4.78 is 3.37. The number of anilines is 1. The van der Waals surface area contributed by atoms with Gasteiger partial charge in [0.05, 0.1) is 12.0 Å². The monoisotopic (exact) mass is 378 g/mol. The van der Waals surface area contributed by atoms with Gasteiger partial charge in [0.1, 0.15) is 11.9 Å². The Balaban J connectivity index is 2.10. The maximum absolute atomic E-state index is 12.1. The van der Waals surface area contributed by atoms with Gasteiger partial charge < -0.3 is 15.4 Å². The molecule has 1 atom stereocenters. The number of thiophene rings is 1. The van der Waals surface area contributed by atoms with Crippen molar-refractivity contribution in [2.75, 3.05) is 12.4 Å². The van der Waals surface area contributed by atoms with Crippen LogP contribution < -0.4 is 15.4 Å². The van der Waals surface area contributed by atoms with Crippen LogP contribution in [0.2, 0.25) is 0 Å². The van der Waals surface area contributed by atoms with Crippen molar-refractivity contribution in [1.29, 1.82) is 0 Å². The van der Waals surface area contributed by atoms with Gasteiger partial charge in [-0.05, 0) is 35.7 Å². The molecule has 0 aliphatic heterocycles. The van der Waals surface area contributed by atoms with Gasteiger partial charge in [-0.25, -0.2) is 0 Å². The summed E-state index contributed by atoms with van der Waals surface area (Å²) in [6.45, 7) is 0. The Kier molecular flexibility index (Phi) is 5.81. The van der Waals surface area contributed by atoms with Crippen molar-refractivity contribution < 1.29 is 9.53 Å². The molecule has 0 saturated heterocycles. The number of alkyl halides is 3. The van der Waals surface area contributed by atoms with E-state index in [0.29, 0.717) is 16.3 Å². The molecule has 0 fully saturated rings. The summed E-state index contributed by atoms with van der Waals surface area (Å²) in [6.07, 6.45) is -0.888. The maximum Gasteiger partial charge on any atom is 0.263 e. The number of carbonyl (C=O) groups excluding carboxylic acids is 1. The van der Waals surface area contributed by atoms with Crippen LogP contribution in [0.4, 0.5) is 5.69 Å². The van der Waals surface area contributed by atoms with E-state index in [-0.39, 0.29) is 5.91 Å². The fourth-order valence-electron chi connectivity index (χ4n) is 1.66. The van der Waals surface area contributed by atoms with Gasteiger partial charge in [-0.3, -0.25) is 4.79 Å². The number of nitrogens with one attached hydrogen (secondary N) is 2. The third kappa shape index (κ3) is 4.68. The van der Waals surface area contributed by atoms with Gasteiger partial charge in [-0.15, -0.1) is 11.3 Å². The standard InChI is InChI=1S/C14H13Cl3N2O2S/c1-21-10-6-4-9(5-7-10)18-13(14(15,16)17)19-12(20)11-3-2-8-22-11/h2-8,13,18H,1H3,(H,19,20)/t13-/m1/s1. The largest absolute Gasteiger partial charge is 0.497 e. The minimum absolute atomic E-state index is 0.313. The highest BCUT2D eigenvalue weighted by molar-refractivity contribution is 7.12. The molecular formula is C14H13Cl3N2O2S. The zero-order valence-corrected chi connectivity index (χ0v) is 14.6. The van der Waals surface area contributed by atoms with Crippen molar-refractivity contribution in [3.05, 3.63) is 46.7 Å². The molecule has 4 nitrogen and oxygen atoms in total. The molecular weight excluding hydrogens is 367 g/mol. The van der Waals surface area contributed by atoms with Gasteiger partial charge in [0.25, 0.3) is 5.91 Å². The highest BCUT2D eigenvalue weighted by atomic mass is 35.6. The normalized spacial score (nSPS) is 12.5. The van der Waals surface area contributed by atoms with Gasteiger partial charge in [0, 0.05) is 5.69 Å². The van der Waals surface area contributed by atoms with Crippen LogP contribution in [0, 0.1) is 0 Å². The van der Waals surface area contributed by atoms with Crippen molar-refractivity contribution >= 4 is 57.7 Å². The lowest BCUT2D eigenvalue weighted by Crippen LogP contribution is -2.48. The first-order valence-electron chi connectivity index (χ1n) is 6.22. The van der Waals surface area contributed by atoms with Crippen LogP contribution in [-0.4, -0.2) is 23.0 Å². The number of rotatable bonds is 5. The van der Waals surface area contributed by atoms with E-state index in [1.54, 1.807) is 48.9 Å². The first kappa shape index (κ1) is 17.2. The van der Waals surface area contributed by atoms with E-state index in [2.05, 4.69) is 10.6 Å². The molecule has 1 heterocycles. The Bertz CT molecular complexity index is 612. The van der Waals surface area contributed by atoms with Gasteiger partial charge >= 0.3 is 0 Å². The van der Waals surface area contributed by atoms with Crippen LogP contribution in [-0.2, 0) is 0 Å². The molecule has 1 aromatic carbocycles. The Morgan fingerprint density at radius 2 is 1.91 bits per heavy atom. The molecule has 0 aliphatic carbocycles. The second kappa shape index (κ2) is 7.42. The minimum Gasteiger partial charge on any atom is -0.497 e. The first-order valence-corrected chi connectivity index (χ1v) is 8.23. The molecule has 0 aliphatic rings. The maximum atomic E-state index is 12.1. The SMILES string of the molecule is COc1ccc(N[C@H](NC(=O)c2cccs2)C(Cl)(Cl)Cl)cc1. The quantitative estimate of drug-likeness (QED) is 0.602. The molecule has 0 unspecified atom stereocenters. The fourth-order valence-corrected chi connectivity index (χ4v) is 2.62. The summed E-state index contributed by atoms with van der Waals surface area (Å²) in [6, 6.07) is 10.5. The highest BCUT2D eigenvalue weighted by Gasteiger charge is 2.34. The zero-order valence-electron chi connectivity index (χ0n) is 11.5. The number of carbonyl (C=O) groups is 1. The van der Waals surface area contributed by atoms with Gasteiger partial charge in [0.2, 0.25) is 3.79 Å². The summed E-state index contributed by atoms with van der Waals surface area (Å²) in [7, 11) is 1.58. The number of methoxy groups -OCH3 is 1. The van der Waals surface area contributed by atoms with Crippen LogP contribution in [0.1, 0.15) is 9.67 Å². The van der Waals surface area contributed by atoms with Crippen molar-refractivity contribution in [3.8, 4) is 5.75 Å².